The molecule has 2 aliphatic heterocycles. The highest BCUT2D eigenvalue weighted by molar-refractivity contribution is 5.10. The molecule has 2 bridgehead atoms. The first-order valence-electron chi connectivity index (χ1n) is 5.78. The van der Waals surface area contributed by atoms with Gasteiger partial charge in [-0.05, 0) is 25.7 Å². The largest absolute Gasteiger partial charge is 0.366 e. The van der Waals surface area contributed by atoms with Crippen molar-refractivity contribution in [2.45, 2.75) is 57.3 Å². The fraction of sp³-hybridized carbons (Fsp3) is 0.846. The van der Waals surface area contributed by atoms with E-state index in [9.17, 15) is 0 Å². The van der Waals surface area contributed by atoms with E-state index >= 15 is 0 Å². The summed E-state index contributed by atoms with van der Waals surface area (Å²) in [6.07, 6.45) is 8.67. The van der Waals surface area contributed by atoms with Gasteiger partial charge in [-0.25, -0.2) is 0 Å². The predicted molar refractivity (Wildman–Crippen MR) is 59.5 cm³/mol. The van der Waals surface area contributed by atoms with Gasteiger partial charge in [0.05, 0.1) is 17.3 Å². The van der Waals surface area contributed by atoms with Crippen molar-refractivity contribution in [2.75, 3.05) is 6.61 Å². The van der Waals surface area contributed by atoms with Gasteiger partial charge in [0, 0.05) is 6.42 Å². The van der Waals surface area contributed by atoms with Crippen molar-refractivity contribution < 1.29 is 9.47 Å². The zero-order valence-corrected chi connectivity index (χ0v) is 9.88. The van der Waals surface area contributed by atoms with Gasteiger partial charge in [-0.1, -0.05) is 19.8 Å². The molecule has 0 radical (unpaired) electrons. The van der Waals surface area contributed by atoms with E-state index in [-0.39, 0.29) is 17.3 Å². The lowest BCUT2D eigenvalue weighted by molar-refractivity contribution is -0.0893. The maximum Gasteiger partial charge on any atom is 0.107 e. The molecule has 2 rings (SSSR count). The van der Waals surface area contributed by atoms with Crippen molar-refractivity contribution in [2.24, 2.45) is 5.92 Å². The van der Waals surface area contributed by atoms with Crippen molar-refractivity contribution in [3.05, 3.63) is 0 Å². The Balaban J connectivity index is 2.10. The van der Waals surface area contributed by atoms with E-state index in [1.807, 2.05) is 0 Å². The Morgan fingerprint density at radius 1 is 1.53 bits per heavy atom. The molecule has 0 aromatic rings. The number of ether oxygens (including phenoxy) is 2. The van der Waals surface area contributed by atoms with Gasteiger partial charge >= 0.3 is 0 Å². The summed E-state index contributed by atoms with van der Waals surface area (Å²) in [5.74, 6) is 3.09. The molecule has 2 heterocycles. The lowest BCUT2D eigenvalue weighted by Gasteiger charge is -2.31. The second-order valence-electron chi connectivity index (χ2n) is 5.34. The van der Waals surface area contributed by atoms with E-state index in [0.29, 0.717) is 12.5 Å². The van der Waals surface area contributed by atoms with Crippen LogP contribution in [0, 0.1) is 18.3 Å². The number of hydrogen-bond donors (Lipinski definition) is 0. The van der Waals surface area contributed by atoms with Crippen molar-refractivity contribution in [1.82, 2.24) is 0 Å². The van der Waals surface area contributed by atoms with Crippen LogP contribution < -0.4 is 0 Å². The highest BCUT2D eigenvalue weighted by atomic mass is 16.6. The predicted octanol–water partition coefficient (Wildman–Crippen LogP) is 2.37. The zero-order chi connectivity index (χ0) is 11.1. The second-order valence-corrected chi connectivity index (χ2v) is 5.34. The first-order chi connectivity index (χ1) is 7.02. The molecular weight excluding hydrogens is 188 g/mol. The molecule has 0 N–H and O–H groups in total. The van der Waals surface area contributed by atoms with E-state index < -0.39 is 0 Å². The maximum absolute atomic E-state index is 6.22. The smallest absolute Gasteiger partial charge is 0.107 e. The number of terminal acetylenes is 1. The summed E-state index contributed by atoms with van der Waals surface area (Å²) in [6.45, 7) is 7.02. The molecule has 3 unspecified atom stereocenters. The number of hydrogen-bond acceptors (Lipinski definition) is 2. The molecule has 15 heavy (non-hydrogen) atoms. The summed E-state index contributed by atoms with van der Waals surface area (Å²) in [4.78, 5) is 0. The summed E-state index contributed by atoms with van der Waals surface area (Å²) in [5.41, 5.74) is -0.0465. The van der Waals surface area contributed by atoms with Crippen LogP contribution in [-0.2, 0) is 9.47 Å². The fourth-order valence-corrected chi connectivity index (χ4v) is 2.95. The van der Waals surface area contributed by atoms with E-state index in [0.717, 1.165) is 19.3 Å². The summed E-state index contributed by atoms with van der Waals surface area (Å²) in [5, 5.41) is 0. The summed E-state index contributed by atoms with van der Waals surface area (Å²) in [6, 6.07) is 0. The highest BCUT2D eigenvalue weighted by Gasteiger charge is 2.60. The van der Waals surface area contributed by atoms with Gasteiger partial charge in [0.1, 0.15) is 6.61 Å². The lowest BCUT2D eigenvalue weighted by Crippen LogP contribution is -2.38. The minimum Gasteiger partial charge on any atom is -0.366 e. The number of rotatable bonds is 3. The van der Waals surface area contributed by atoms with E-state index in [2.05, 4.69) is 26.7 Å². The molecule has 2 saturated heterocycles. The van der Waals surface area contributed by atoms with Gasteiger partial charge < -0.3 is 9.47 Å². The van der Waals surface area contributed by atoms with Crippen LogP contribution in [0.5, 0.6) is 0 Å². The standard InChI is InChI=1S/C13H20O2/c1-5-8-14-11-9-13(10(2)3)7-6-12(11,4)15-13/h1,10-11H,6-9H2,2-4H3. The molecule has 84 valence electrons. The van der Waals surface area contributed by atoms with Crippen LogP contribution in [0.25, 0.3) is 0 Å². The molecule has 2 nitrogen and oxygen atoms in total. The third-order valence-electron chi connectivity index (χ3n) is 4.11. The van der Waals surface area contributed by atoms with Crippen LogP contribution in [0.1, 0.15) is 40.0 Å². The molecule has 0 aromatic heterocycles. The van der Waals surface area contributed by atoms with Crippen LogP contribution in [0.15, 0.2) is 0 Å². The van der Waals surface area contributed by atoms with Crippen molar-refractivity contribution in [3.8, 4) is 12.3 Å². The Kier molecular flexibility index (Phi) is 2.56. The molecule has 0 saturated carbocycles. The molecule has 0 spiro atoms. The van der Waals surface area contributed by atoms with Gasteiger partial charge in [0.25, 0.3) is 0 Å². The average molecular weight is 208 g/mol. The first kappa shape index (κ1) is 11.0. The monoisotopic (exact) mass is 208 g/mol. The van der Waals surface area contributed by atoms with Crippen molar-refractivity contribution in [3.63, 3.8) is 0 Å². The van der Waals surface area contributed by atoms with Crippen LogP contribution in [0.3, 0.4) is 0 Å². The molecular formula is C13H20O2. The summed E-state index contributed by atoms with van der Waals surface area (Å²) >= 11 is 0. The van der Waals surface area contributed by atoms with Crippen LogP contribution in [-0.4, -0.2) is 23.9 Å². The average Bonchev–Trinajstić information content (AvgIpc) is 2.66. The van der Waals surface area contributed by atoms with Gasteiger partial charge in [0.2, 0.25) is 0 Å². The highest BCUT2D eigenvalue weighted by Crippen LogP contribution is 2.54. The number of fused-ring (bicyclic) bond motifs is 2. The third kappa shape index (κ3) is 1.58. The Hall–Kier alpha value is -0.520. The fourth-order valence-electron chi connectivity index (χ4n) is 2.95. The Bertz CT molecular complexity index is 291. The molecule has 2 fully saturated rings. The Labute approximate surface area is 92.3 Å². The zero-order valence-electron chi connectivity index (χ0n) is 9.88. The van der Waals surface area contributed by atoms with Gasteiger partial charge in [-0.15, -0.1) is 6.42 Å². The second kappa shape index (κ2) is 3.50. The minimum absolute atomic E-state index is 0.0496. The van der Waals surface area contributed by atoms with Gasteiger partial charge in [0.15, 0.2) is 0 Å². The third-order valence-corrected chi connectivity index (χ3v) is 4.11. The summed E-state index contributed by atoms with van der Waals surface area (Å²) in [7, 11) is 0. The molecule has 0 aliphatic carbocycles. The van der Waals surface area contributed by atoms with Gasteiger partial charge in [-0.3, -0.25) is 0 Å². The lowest BCUT2D eigenvalue weighted by atomic mass is 9.75. The SMILES string of the molecule is C#CCOC1CC2(C(C)C)CCC1(C)O2. The quantitative estimate of drug-likeness (QED) is 0.663. The van der Waals surface area contributed by atoms with Crippen LogP contribution in [0.2, 0.25) is 0 Å². The minimum atomic E-state index is -0.0961. The topological polar surface area (TPSA) is 18.5 Å². The molecule has 3 atom stereocenters. The van der Waals surface area contributed by atoms with E-state index in [1.54, 1.807) is 0 Å². The van der Waals surface area contributed by atoms with E-state index in [1.165, 1.54) is 0 Å². The Morgan fingerprint density at radius 2 is 2.27 bits per heavy atom. The molecule has 0 amide bonds. The summed E-state index contributed by atoms with van der Waals surface area (Å²) < 4.78 is 11.9. The van der Waals surface area contributed by atoms with Crippen molar-refractivity contribution >= 4 is 0 Å². The van der Waals surface area contributed by atoms with Crippen LogP contribution >= 0.6 is 0 Å². The normalized spacial score (nSPS) is 43.5. The molecule has 2 heteroatoms. The Morgan fingerprint density at radius 3 is 2.80 bits per heavy atom. The maximum atomic E-state index is 6.22. The molecule has 0 aromatic carbocycles. The van der Waals surface area contributed by atoms with E-state index in [4.69, 9.17) is 15.9 Å². The first-order valence-corrected chi connectivity index (χ1v) is 5.78. The van der Waals surface area contributed by atoms with Crippen molar-refractivity contribution in [1.29, 1.82) is 0 Å². The molecule has 2 aliphatic rings. The van der Waals surface area contributed by atoms with Crippen LogP contribution in [0.4, 0.5) is 0 Å². The van der Waals surface area contributed by atoms with Gasteiger partial charge in [-0.2, -0.15) is 0 Å².